The molecule has 0 atom stereocenters. The average Bonchev–Trinajstić information content (AvgIpc) is 3.14. The van der Waals surface area contributed by atoms with Crippen LogP contribution in [0, 0.1) is 6.92 Å². The highest BCUT2D eigenvalue weighted by molar-refractivity contribution is 7.98. The summed E-state index contributed by atoms with van der Waals surface area (Å²) in [5, 5.41) is 12.2. The minimum atomic E-state index is 0.784. The zero-order chi connectivity index (χ0) is 15.5. The molecule has 0 aliphatic rings. The number of aromatic nitrogens is 4. The van der Waals surface area contributed by atoms with Crippen LogP contribution in [0.5, 0.6) is 5.75 Å². The molecule has 114 valence electrons. The van der Waals surface area contributed by atoms with Crippen molar-refractivity contribution in [2.24, 2.45) is 7.05 Å². The molecule has 1 aromatic carbocycles. The highest BCUT2D eigenvalue weighted by atomic mass is 32.2. The Morgan fingerprint density at radius 3 is 2.91 bits per heavy atom. The van der Waals surface area contributed by atoms with E-state index in [4.69, 9.17) is 9.72 Å². The average molecular weight is 332 g/mol. The van der Waals surface area contributed by atoms with Crippen molar-refractivity contribution in [1.82, 2.24) is 19.7 Å². The zero-order valence-corrected chi connectivity index (χ0v) is 14.2. The van der Waals surface area contributed by atoms with E-state index in [9.17, 15) is 0 Å². The number of thioether (sulfide) groups is 1. The van der Waals surface area contributed by atoms with Crippen LogP contribution in [0.4, 0.5) is 0 Å². The molecule has 7 heteroatoms. The van der Waals surface area contributed by atoms with Gasteiger partial charge in [-0.25, -0.2) is 4.98 Å². The maximum absolute atomic E-state index is 5.26. The van der Waals surface area contributed by atoms with Crippen LogP contribution in [0.25, 0.3) is 10.6 Å². The molecule has 22 heavy (non-hydrogen) atoms. The van der Waals surface area contributed by atoms with Crippen molar-refractivity contribution in [1.29, 1.82) is 0 Å². The Bertz CT molecular complexity index is 781. The van der Waals surface area contributed by atoms with Crippen LogP contribution in [0.1, 0.15) is 11.5 Å². The minimum Gasteiger partial charge on any atom is -0.497 e. The van der Waals surface area contributed by atoms with Gasteiger partial charge in [0.1, 0.15) is 16.6 Å². The standard InChI is InChI=1S/C15H16N4OS2/c1-10-17-18-15(19(10)2)22-9-12-8-21-14(16-12)11-5-4-6-13(7-11)20-3/h4-8H,9H2,1-3H3. The van der Waals surface area contributed by atoms with Crippen LogP contribution in [0.15, 0.2) is 34.8 Å². The molecular formula is C15H16N4OS2. The SMILES string of the molecule is COc1cccc(-c2nc(CSc3nnc(C)n3C)cs2)c1. The Labute approximate surface area is 137 Å². The second-order valence-corrected chi connectivity index (χ2v) is 6.55. The van der Waals surface area contributed by atoms with E-state index in [1.807, 2.05) is 42.8 Å². The fourth-order valence-electron chi connectivity index (χ4n) is 1.91. The highest BCUT2D eigenvalue weighted by Gasteiger charge is 2.09. The van der Waals surface area contributed by atoms with Crippen molar-refractivity contribution in [2.45, 2.75) is 17.8 Å². The van der Waals surface area contributed by atoms with Crippen LogP contribution in [0.2, 0.25) is 0 Å². The van der Waals surface area contributed by atoms with E-state index in [0.29, 0.717) is 0 Å². The quantitative estimate of drug-likeness (QED) is 0.669. The number of rotatable bonds is 5. The smallest absolute Gasteiger partial charge is 0.191 e. The zero-order valence-electron chi connectivity index (χ0n) is 12.6. The number of ether oxygens (including phenoxy) is 1. The fourth-order valence-corrected chi connectivity index (χ4v) is 3.69. The molecule has 0 amide bonds. The van der Waals surface area contributed by atoms with Crippen LogP contribution in [0.3, 0.4) is 0 Å². The van der Waals surface area contributed by atoms with Gasteiger partial charge >= 0.3 is 0 Å². The third kappa shape index (κ3) is 3.15. The molecule has 2 heterocycles. The van der Waals surface area contributed by atoms with Crippen molar-refractivity contribution < 1.29 is 4.74 Å². The summed E-state index contributed by atoms with van der Waals surface area (Å²) in [7, 11) is 3.65. The topological polar surface area (TPSA) is 52.8 Å². The molecular weight excluding hydrogens is 316 g/mol. The first-order valence-electron chi connectivity index (χ1n) is 6.75. The number of thiazole rings is 1. The summed E-state index contributed by atoms with van der Waals surface area (Å²) in [6.07, 6.45) is 0. The monoisotopic (exact) mass is 332 g/mol. The van der Waals surface area contributed by atoms with Crippen molar-refractivity contribution in [3.05, 3.63) is 41.2 Å². The highest BCUT2D eigenvalue weighted by Crippen LogP contribution is 2.29. The van der Waals surface area contributed by atoms with Crippen molar-refractivity contribution in [3.8, 4) is 16.3 Å². The Hall–Kier alpha value is -1.86. The van der Waals surface area contributed by atoms with E-state index in [1.54, 1.807) is 30.2 Å². The van der Waals surface area contributed by atoms with Crippen LogP contribution in [-0.4, -0.2) is 26.9 Å². The largest absolute Gasteiger partial charge is 0.497 e. The van der Waals surface area contributed by atoms with Gasteiger partial charge < -0.3 is 9.30 Å². The summed E-state index contributed by atoms with van der Waals surface area (Å²) in [6.45, 7) is 1.95. The normalized spacial score (nSPS) is 10.9. The van der Waals surface area contributed by atoms with Crippen LogP contribution < -0.4 is 4.74 Å². The molecule has 0 bridgehead atoms. The maximum Gasteiger partial charge on any atom is 0.191 e. The molecule has 0 aliphatic carbocycles. The summed E-state index contributed by atoms with van der Waals surface area (Å²) in [5.41, 5.74) is 2.13. The number of hydrogen-bond donors (Lipinski definition) is 0. The lowest BCUT2D eigenvalue weighted by molar-refractivity contribution is 0.415. The molecule has 0 unspecified atom stereocenters. The van der Waals surface area contributed by atoms with Gasteiger partial charge in [-0.2, -0.15) is 0 Å². The molecule has 0 radical (unpaired) electrons. The summed E-state index contributed by atoms with van der Waals surface area (Å²) < 4.78 is 7.24. The van der Waals surface area contributed by atoms with E-state index in [-0.39, 0.29) is 0 Å². The van der Waals surface area contributed by atoms with Crippen LogP contribution in [-0.2, 0) is 12.8 Å². The summed E-state index contributed by atoms with van der Waals surface area (Å²) in [4.78, 5) is 4.69. The fraction of sp³-hybridized carbons (Fsp3) is 0.267. The Morgan fingerprint density at radius 1 is 1.32 bits per heavy atom. The molecule has 0 aliphatic heterocycles. The Morgan fingerprint density at radius 2 is 2.18 bits per heavy atom. The Balaban J connectivity index is 1.72. The lowest BCUT2D eigenvalue weighted by atomic mass is 10.2. The van der Waals surface area contributed by atoms with Crippen molar-refractivity contribution in [3.63, 3.8) is 0 Å². The van der Waals surface area contributed by atoms with Crippen LogP contribution >= 0.6 is 23.1 Å². The third-order valence-electron chi connectivity index (χ3n) is 3.27. The van der Waals surface area contributed by atoms with E-state index in [0.717, 1.165) is 38.7 Å². The molecule has 3 aromatic rings. The molecule has 0 N–H and O–H groups in total. The molecule has 0 spiro atoms. The number of benzene rings is 1. The molecule has 0 saturated heterocycles. The number of nitrogens with zero attached hydrogens (tertiary/aromatic N) is 4. The van der Waals surface area contributed by atoms with Gasteiger partial charge in [-0.1, -0.05) is 23.9 Å². The van der Waals surface area contributed by atoms with Gasteiger partial charge in [-0.3, -0.25) is 0 Å². The number of aryl methyl sites for hydroxylation is 1. The first-order chi connectivity index (χ1) is 10.7. The molecule has 3 rings (SSSR count). The van der Waals surface area contributed by atoms with Gasteiger partial charge in [-0.05, 0) is 19.1 Å². The molecule has 5 nitrogen and oxygen atoms in total. The van der Waals surface area contributed by atoms with E-state index in [2.05, 4.69) is 15.6 Å². The van der Waals surface area contributed by atoms with Gasteiger partial charge in [0.05, 0.1) is 12.8 Å². The van der Waals surface area contributed by atoms with E-state index >= 15 is 0 Å². The van der Waals surface area contributed by atoms with Gasteiger partial charge in [0.25, 0.3) is 0 Å². The third-order valence-corrected chi connectivity index (χ3v) is 5.26. The minimum absolute atomic E-state index is 0.784. The predicted molar refractivity (Wildman–Crippen MR) is 89.4 cm³/mol. The first kappa shape index (κ1) is 15.1. The first-order valence-corrected chi connectivity index (χ1v) is 8.61. The predicted octanol–water partition coefficient (Wildman–Crippen LogP) is 3.55. The molecule has 0 saturated carbocycles. The van der Waals surface area contributed by atoms with E-state index < -0.39 is 0 Å². The molecule has 0 fully saturated rings. The lowest BCUT2D eigenvalue weighted by Gasteiger charge is -2.01. The van der Waals surface area contributed by atoms with Gasteiger partial charge in [-0.15, -0.1) is 21.5 Å². The summed E-state index contributed by atoms with van der Waals surface area (Å²) in [6, 6.07) is 7.96. The summed E-state index contributed by atoms with van der Waals surface area (Å²) in [5.74, 6) is 2.54. The maximum atomic E-state index is 5.26. The number of hydrogen-bond acceptors (Lipinski definition) is 6. The second kappa shape index (κ2) is 6.50. The van der Waals surface area contributed by atoms with Gasteiger partial charge in [0.2, 0.25) is 0 Å². The lowest BCUT2D eigenvalue weighted by Crippen LogP contribution is -1.93. The van der Waals surface area contributed by atoms with Crippen molar-refractivity contribution >= 4 is 23.1 Å². The summed E-state index contributed by atoms with van der Waals surface area (Å²) >= 11 is 3.29. The van der Waals surface area contributed by atoms with Crippen molar-refractivity contribution in [2.75, 3.05) is 7.11 Å². The van der Waals surface area contributed by atoms with Gasteiger partial charge in [0, 0.05) is 23.7 Å². The van der Waals surface area contributed by atoms with Gasteiger partial charge in [0.15, 0.2) is 5.16 Å². The van der Waals surface area contributed by atoms with E-state index in [1.165, 1.54) is 0 Å². The Kier molecular flexibility index (Phi) is 4.44. The number of methoxy groups -OCH3 is 1. The second-order valence-electron chi connectivity index (χ2n) is 4.75. The molecule has 2 aromatic heterocycles.